The highest BCUT2D eigenvalue weighted by atomic mass is 16.5. The fourth-order valence-corrected chi connectivity index (χ4v) is 2.32. The molecule has 0 aliphatic carbocycles. The Hall–Kier alpha value is -2.55. The van der Waals surface area contributed by atoms with Crippen LogP contribution in [-0.4, -0.2) is 16.8 Å². The van der Waals surface area contributed by atoms with Crippen LogP contribution in [0.1, 0.15) is 18.1 Å². The molecule has 3 nitrogen and oxygen atoms in total. The van der Waals surface area contributed by atoms with Crippen LogP contribution in [0.3, 0.4) is 0 Å². The van der Waals surface area contributed by atoms with Gasteiger partial charge in [-0.05, 0) is 48.2 Å². The zero-order valence-electron chi connectivity index (χ0n) is 12.0. The summed E-state index contributed by atoms with van der Waals surface area (Å²) in [5.74, 6) is 0.927. The van der Waals surface area contributed by atoms with E-state index < -0.39 is 0 Å². The van der Waals surface area contributed by atoms with Crippen molar-refractivity contribution in [3.63, 3.8) is 0 Å². The molecule has 0 unspecified atom stereocenters. The van der Waals surface area contributed by atoms with Crippen molar-refractivity contribution in [1.82, 2.24) is 10.2 Å². The van der Waals surface area contributed by atoms with E-state index in [0.29, 0.717) is 6.61 Å². The van der Waals surface area contributed by atoms with Crippen LogP contribution < -0.4 is 4.74 Å². The molecule has 0 amide bonds. The number of hydrogen-bond donors (Lipinski definition) is 1. The van der Waals surface area contributed by atoms with E-state index in [1.807, 2.05) is 25.1 Å². The van der Waals surface area contributed by atoms with Crippen LogP contribution in [0.2, 0.25) is 0 Å². The largest absolute Gasteiger partial charge is 0.494 e. The summed E-state index contributed by atoms with van der Waals surface area (Å²) in [6.45, 7) is 2.70. The van der Waals surface area contributed by atoms with Gasteiger partial charge in [0.2, 0.25) is 0 Å². The van der Waals surface area contributed by atoms with E-state index in [-0.39, 0.29) is 0 Å². The highest BCUT2D eigenvalue weighted by Crippen LogP contribution is 2.19. The number of nitrogens with one attached hydrogen (secondary N) is 1. The maximum Gasteiger partial charge on any atom is 0.119 e. The average Bonchev–Trinajstić information content (AvgIpc) is 3.05. The number of ether oxygens (including phenoxy) is 1. The summed E-state index contributed by atoms with van der Waals surface area (Å²) in [5.41, 5.74) is 4.78. The third kappa shape index (κ3) is 3.31. The summed E-state index contributed by atoms with van der Waals surface area (Å²) in [7, 11) is 0. The molecule has 1 heterocycles. The second-order valence-corrected chi connectivity index (χ2v) is 4.92. The van der Waals surface area contributed by atoms with Crippen molar-refractivity contribution < 1.29 is 4.74 Å². The molecule has 3 heteroatoms. The smallest absolute Gasteiger partial charge is 0.119 e. The van der Waals surface area contributed by atoms with Crippen LogP contribution in [0, 0.1) is 0 Å². The molecule has 0 spiro atoms. The molecule has 3 rings (SSSR count). The zero-order chi connectivity index (χ0) is 14.5. The molecule has 0 fully saturated rings. The molecular formula is C18H18N2O. The number of hydrogen-bond acceptors (Lipinski definition) is 2. The van der Waals surface area contributed by atoms with Gasteiger partial charge in [-0.2, -0.15) is 5.10 Å². The molecule has 21 heavy (non-hydrogen) atoms. The van der Waals surface area contributed by atoms with Crippen LogP contribution in [-0.2, 0) is 6.42 Å². The first-order valence-electron chi connectivity index (χ1n) is 7.15. The van der Waals surface area contributed by atoms with Crippen LogP contribution in [0.4, 0.5) is 0 Å². The van der Waals surface area contributed by atoms with Gasteiger partial charge in [-0.1, -0.05) is 36.4 Å². The van der Waals surface area contributed by atoms with Crippen LogP contribution in [0.15, 0.2) is 60.8 Å². The number of H-pyrrole nitrogens is 1. The van der Waals surface area contributed by atoms with Crippen molar-refractivity contribution in [2.75, 3.05) is 6.61 Å². The summed E-state index contributed by atoms with van der Waals surface area (Å²) in [4.78, 5) is 0. The maximum absolute atomic E-state index is 5.46. The topological polar surface area (TPSA) is 37.9 Å². The first-order chi connectivity index (χ1) is 10.3. The van der Waals surface area contributed by atoms with Crippen LogP contribution in [0.5, 0.6) is 5.75 Å². The predicted molar refractivity (Wildman–Crippen MR) is 84.4 cm³/mol. The van der Waals surface area contributed by atoms with Crippen LogP contribution in [0.25, 0.3) is 11.3 Å². The fourth-order valence-electron chi connectivity index (χ4n) is 2.32. The lowest BCUT2D eigenvalue weighted by Crippen LogP contribution is -1.92. The summed E-state index contributed by atoms with van der Waals surface area (Å²) >= 11 is 0. The molecule has 0 saturated heterocycles. The third-order valence-electron chi connectivity index (χ3n) is 3.41. The standard InChI is InChI=1S/C18H18N2O/c1-2-21-17-9-5-15(6-10-17)13-14-3-7-16(8-4-14)18-11-12-19-20-18/h3-12H,2,13H2,1H3,(H,19,20). The van der Waals surface area contributed by atoms with E-state index >= 15 is 0 Å². The van der Waals surface area contributed by atoms with Crippen molar-refractivity contribution in [3.8, 4) is 17.0 Å². The zero-order valence-corrected chi connectivity index (χ0v) is 12.0. The predicted octanol–water partition coefficient (Wildman–Crippen LogP) is 4.07. The van der Waals surface area contributed by atoms with Crippen molar-refractivity contribution in [2.45, 2.75) is 13.3 Å². The number of aromatic amines is 1. The minimum Gasteiger partial charge on any atom is -0.494 e. The normalized spacial score (nSPS) is 10.5. The van der Waals surface area contributed by atoms with Crippen molar-refractivity contribution in [1.29, 1.82) is 0 Å². The Bertz CT molecular complexity index is 670. The van der Waals surface area contributed by atoms with Gasteiger partial charge < -0.3 is 4.74 Å². The molecule has 0 aliphatic rings. The van der Waals surface area contributed by atoms with Gasteiger partial charge in [0.1, 0.15) is 5.75 Å². The van der Waals surface area contributed by atoms with Gasteiger partial charge in [-0.3, -0.25) is 5.10 Å². The third-order valence-corrected chi connectivity index (χ3v) is 3.41. The van der Waals surface area contributed by atoms with Gasteiger partial charge in [0.05, 0.1) is 12.3 Å². The molecule has 1 aromatic heterocycles. The summed E-state index contributed by atoms with van der Waals surface area (Å²) in [6.07, 6.45) is 2.69. The summed E-state index contributed by atoms with van der Waals surface area (Å²) in [6, 6.07) is 18.8. The highest BCUT2D eigenvalue weighted by Gasteiger charge is 2.01. The SMILES string of the molecule is CCOc1ccc(Cc2ccc(-c3ccn[nH]3)cc2)cc1. The van der Waals surface area contributed by atoms with E-state index in [1.165, 1.54) is 11.1 Å². The van der Waals surface area contributed by atoms with Gasteiger partial charge in [0, 0.05) is 6.20 Å². The summed E-state index contributed by atoms with van der Waals surface area (Å²) < 4.78 is 5.46. The van der Waals surface area contributed by atoms with Crippen LogP contribution >= 0.6 is 0 Å². The van der Waals surface area contributed by atoms with E-state index in [1.54, 1.807) is 6.20 Å². The lowest BCUT2D eigenvalue weighted by Gasteiger charge is -2.06. The monoisotopic (exact) mass is 278 g/mol. The van der Waals surface area contributed by atoms with E-state index in [9.17, 15) is 0 Å². The van der Waals surface area contributed by atoms with E-state index in [2.05, 4.69) is 46.6 Å². The minimum absolute atomic E-state index is 0.703. The van der Waals surface area contributed by atoms with Gasteiger partial charge in [-0.15, -0.1) is 0 Å². The minimum atomic E-state index is 0.703. The lowest BCUT2D eigenvalue weighted by molar-refractivity contribution is 0.340. The number of rotatable bonds is 5. The molecule has 0 atom stereocenters. The van der Waals surface area contributed by atoms with Gasteiger partial charge >= 0.3 is 0 Å². The molecule has 0 bridgehead atoms. The second-order valence-electron chi connectivity index (χ2n) is 4.92. The van der Waals surface area contributed by atoms with Gasteiger partial charge in [0.25, 0.3) is 0 Å². The van der Waals surface area contributed by atoms with E-state index in [4.69, 9.17) is 4.74 Å². The highest BCUT2D eigenvalue weighted by molar-refractivity contribution is 5.58. The Morgan fingerprint density at radius 1 is 0.905 bits per heavy atom. The fraction of sp³-hybridized carbons (Fsp3) is 0.167. The number of benzene rings is 2. The van der Waals surface area contributed by atoms with Crippen molar-refractivity contribution in [2.24, 2.45) is 0 Å². The maximum atomic E-state index is 5.46. The number of nitrogens with zero attached hydrogens (tertiary/aromatic N) is 1. The Morgan fingerprint density at radius 3 is 2.14 bits per heavy atom. The first-order valence-corrected chi connectivity index (χ1v) is 7.15. The molecule has 2 aromatic carbocycles. The second kappa shape index (κ2) is 6.27. The molecular weight excluding hydrogens is 260 g/mol. The molecule has 3 aromatic rings. The molecule has 0 saturated carbocycles. The molecule has 0 radical (unpaired) electrons. The molecule has 106 valence electrons. The Labute approximate surface area is 124 Å². The molecule has 0 aliphatic heterocycles. The van der Waals surface area contributed by atoms with Gasteiger partial charge in [0.15, 0.2) is 0 Å². The Kier molecular flexibility index (Phi) is 4.01. The van der Waals surface area contributed by atoms with E-state index in [0.717, 1.165) is 23.4 Å². The summed E-state index contributed by atoms with van der Waals surface area (Å²) in [5, 5.41) is 6.95. The first kappa shape index (κ1) is 13.4. The Balaban J connectivity index is 1.70. The quantitative estimate of drug-likeness (QED) is 0.764. The van der Waals surface area contributed by atoms with Crippen molar-refractivity contribution in [3.05, 3.63) is 71.9 Å². The van der Waals surface area contributed by atoms with Gasteiger partial charge in [-0.25, -0.2) is 0 Å². The lowest BCUT2D eigenvalue weighted by atomic mass is 10.0. The molecule has 1 N–H and O–H groups in total. The Morgan fingerprint density at radius 2 is 1.57 bits per heavy atom. The number of aromatic nitrogens is 2. The van der Waals surface area contributed by atoms with Crippen molar-refractivity contribution >= 4 is 0 Å². The average molecular weight is 278 g/mol.